The van der Waals surface area contributed by atoms with Crippen molar-refractivity contribution in [1.29, 1.82) is 0 Å². The molecule has 1 heteroatoms. The lowest BCUT2D eigenvalue weighted by atomic mass is 9.44. The Morgan fingerprint density at radius 3 is 1.27 bits per heavy atom. The zero-order chi connectivity index (χ0) is 33.6. The SMILES string of the molecule is c1ccc(C23c4ccccc4C(c4ccccc4)(c4ccccc42)c2cc(-c4cccc(-n5c6ccccc6c6ccccc65)c4)ccc23)cc1. The Labute approximate surface area is 297 Å². The average Bonchev–Trinajstić information content (AvgIpc) is 3.55. The van der Waals surface area contributed by atoms with Crippen molar-refractivity contribution in [3.8, 4) is 16.8 Å². The van der Waals surface area contributed by atoms with Crippen LogP contribution in [-0.4, -0.2) is 4.57 Å². The summed E-state index contributed by atoms with van der Waals surface area (Å²) in [6.45, 7) is 0. The Morgan fingerprint density at radius 1 is 0.294 bits per heavy atom. The maximum absolute atomic E-state index is 2.51. The van der Waals surface area contributed by atoms with Gasteiger partial charge in [-0.1, -0.05) is 170 Å². The van der Waals surface area contributed by atoms with Gasteiger partial charge in [0, 0.05) is 16.5 Å². The zero-order valence-electron chi connectivity index (χ0n) is 28.0. The van der Waals surface area contributed by atoms with Gasteiger partial charge in [-0.2, -0.15) is 0 Å². The van der Waals surface area contributed by atoms with E-state index in [0.717, 1.165) is 0 Å². The van der Waals surface area contributed by atoms with Crippen molar-refractivity contribution in [2.45, 2.75) is 10.8 Å². The van der Waals surface area contributed by atoms with Crippen molar-refractivity contribution in [3.63, 3.8) is 0 Å². The molecular formula is C50H33N. The molecule has 0 aliphatic heterocycles. The zero-order valence-corrected chi connectivity index (χ0v) is 28.0. The summed E-state index contributed by atoms with van der Waals surface area (Å²) in [7, 11) is 0. The van der Waals surface area contributed by atoms with Crippen LogP contribution in [0.4, 0.5) is 0 Å². The smallest absolute Gasteiger partial charge is 0.0711 e. The fourth-order valence-corrected chi connectivity index (χ4v) is 9.84. The molecule has 238 valence electrons. The molecule has 0 atom stereocenters. The number of hydrogen-bond acceptors (Lipinski definition) is 0. The van der Waals surface area contributed by atoms with Gasteiger partial charge in [0.25, 0.3) is 0 Å². The summed E-state index contributed by atoms with van der Waals surface area (Å²) in [4.78, 5) is 0. The van der Waals surface area contributed by atoms with Crippen molar-refractivity contribution in [2.75, 3.05) is 0 Å². The van der Waals surface area contributed by atoms with Crippen molar-refractivity contribution < 1.29 is 0 Å². The molecule has 1 aromatic heterocycles. The summed E-state index contributed by atoms with van der Waals surface area (Å²) >= 11 is 0. The number of nitrogens with zero attached hydrogens (tertiary/aromatic N) is 1. The van der Waals surface area contributed by atoms with Gasteiger partial charge >= 0.3 is 0 Å². The van der Waals surface area contributed by atoms with Gasteiger partial charge in [0.2, 0.25) is 0 Å². The first-order valence-electron chi connectivity index (χ1n) is 17.9. The van der Waals surface area contributed by atoms with E-state index in [4.69, 9.17) is 0 Å². The predicted molar refractivity (Wildman–Crippen MR) is 210 cm³/mol. The molecule has 12 rings (SSSR count). The molecule has 1 heterocycles. The van der Waals surface area contributed by atoms with Crippen LogP contribution in [0.15, 0.2) is 200 Å². The van der Waals surface area contributed by atoms with Crippen LogP contribution < -0.4 is 0 Å². The van der Waals surface area contributed by atoms with Crippen LogP contribution in [0.1, 0.15) is 44.5 Å². The highest BCUT2D eigenvalue weighted by molar-refractivity contribution is 6.09. The molecule has 0 amide bonds. The largest absolute Gasteiger partial charge is 0.309 e. The Balaban J connectivity index is 1.22. The van der Waals surface area contributed by atoms with E-state index >= 15 is 0 Å². The number of benzene rings is 8. The quantitative estimate of drug-likeness (QED) is 0.179. The minimum atomic E-state index is -0.471. The summed E-state index contributed by atoms with van der Waals surface area (Å²) in [6.07, 6.45) is 0. The van der Waals surface area contributed by atoms with Crippen LogP contribution >= 0.6 is 0 Å². The van der Waals surface area contributed by atoms with Gasteiger partial charge in [0.05, 0.1) is 21.9 Å². The van der Waals surface area contributed by atoms with Gasteiger partial charge in [-0.25, -0.2) is 0 Å². The fourth-order valence-electron chi connectivity index (χ4n) is 9.84. The molecule has 1 nitrogen and oxygen atoms in total. The highest BCUT2D eigenvalue weighted by atomic mass is 15.0. The molecule has 0 saturated heterocycles. The molecule has 9 aromatic rings. The van der Waals surface area contributed by atoms with Gasteiger partial charge in [-0.05, 0) is 86.0 Å². The van der Waals surface area contributed by atoms with Crippen molar-refractivity contribution in [2.24, 2.45) is 0 Å². The molecule has 0 N–H and O–H groups in total. The van der Waals surface area contributed by atoms with Crippen LogP contribution in [0.2, 0.25) is 0 Å². The van der Waals surface area contributed by atoms with E-state index in [9.17, 15) is 0 Å². The maximum Gasteiger partial charge on any atom is 0.0711 e. The second-order valence-corrected chi connectivity index (χ2v) is 14.0. The minimum absolute atomic E-state index is 0.441. The van der Waals surface area contributed by atoms with Gasteiger partial charge < -0.3 is 4.57 Å². The molecule has 0 saturated carbocycles. The molecular weight excluding hydrogens is 615 g/mol. The van der Waals surface area contributed by atoms with E-state index < -0.39 is 10.8 Å². The number of fused-ring (bicyclic) bond motifs is 3. The molecule has 0 radical (unpaired) electrons. The third kappa shape index (κ3) is 3.60. The molecule has 0 spiro atoms. The molecule has 8 aromatic carbocycles. The molecule has 51 heavy (non-hydrogen) atoms. The summed E-state index contributed by atoms with van der Waals surface area (Å²) in [5.41, 5.74) is 15.9. The fraction of sp³-hybridized carbons (Fsp3) is 0.0400. The summed E-state index contributed by atoms with van der Waals surface area (Å²) < 4.78 is 2.41. The topological polar surface area (TPSA) is 4.93 Å². The van der Waals surface area contributed by atoms with Crippen LogP contribution in [0, 0.1) is 0 Å². The number of aromatic nitrogens is 1. The molecule has 3 aliphatic rings. The van der Waals surface area contributed by atoms with Crippen molar-refractivity contribution in [3.05, 3.63) is 245 Å². The summed E-state index contributed by atoms with van der Waals surface area (Å²) in [5.74, 6) is 0. The van der Waals surface area contributed by atoms with Gasteiger partial charge in [0.15, 0.2) is 0 Å². The Morgan fingerprint density at radius 2 is 0.725 bits per heavy atom. The van der Waals surface area contributed by atoms with Crippen LogP contribution in [-0.2, 0) is 10.8 Å². The molecule has 3 aliphatic carbocycles. The van der Waals surface area contributed by atoms with E-state index in [1.165, 1.54) is 83.1 Å². The van der Waals surface area contributed by atoms with E-state index in [1.807, 2.05) is 0 Å². The lowest BCUT2D eigenvalue weighted by molar-refractivity contribution is 0.557. The number of hydrogen-bond donors (Lipinski definition) is 0. The van der Waals surface area contributed by atoms with Crippen LogP contribution in [0.25, 0.3) is 38.6 Å². The van der Waals surface area contributed by atoms with E-state index in [0.29, 0.717) is 0 Å². The monoisotopic (exact) mass is 647 g/mol. The summed E-state index contributed by atoms with van der Waals surface area (Å²) in [6, 6.07) is 74.6. The van der Waals surface area contributed by atoms with Crippen molar-refractivity contribution in [1.82, 2.24) is 4.57 Å². The predicted octanol–water partition coefficient (Wildman–Crippen LogP) is 11.8. The van der Waals surface area contributed by atoms with E-state index in [1.54, 1.807) is 0 Å². The Hall–Kier alpha value is -6.44. The maximum atomic E-state index is 2.51. The van der Waals surface area contributed by atoms with Gasteiger partial charge in [-0.15, -0.1) is 0 Å². The molecule has 0 unspecified atom stereocenters. The second kappa shape index (κ2) is 10.5. The van der Waals surface area contributed by atoms with E-state index in [-0.39, 0.29) is 0 Å². The third-order valence-corrected chi connectivity index (χ3v) is 11.7. The third-order valence-electron chi connectivity index (χ3n) is 11.7. The minimum Gasteiger partial charge on any atom is -0.309 e. The first-order valence-corrected chi connectivity index (χ1v) is 17.9. The van der Waals surface area contributed by atoms with Crippen LogP contribution in [0.3, 0.4) is 0 Å². The normalized spacial score (nSPS) is 18.4. The van der Waals surface area contributed by atoms with Gasteiger partial charge in [0.1, 0.15) is 0 Å². The highest BCUT2D eigenvalue weighted by Gasteiger charge is 2.59. The number of para-hydroxylation sites is 2. The first kappa shape index (κ1) is 28.4. The lowest BCUT2D eigenvalue weighted by Crippen LogP contribution is -2.51. The standard InChI is InChI=1S/C50H33N/c1-3-17-36(18-4-1)49-41-24-9-11-26-43(41)50(37-19-5-2-6-20-37,44-27-12-10-25-42(44)49)46-33-35(30-31-45(46)49)34-16-15-21-38(32-34)51-47-28-13-7-22-39(47)40-23-8-14-29-48(40)51/h1-33H. The Bertz CT molecular complexity index is 2700. The average molecular weight is 648 g/mol. The highest BCUT2D eigenvalue weighted by Crippen LogP contribution is 2.66. The first-order chi connectivity index (χ1) is 25.3. The second-order valence-electron chi connectivity index (χ2n) is 14.0. The summed E-state index contributed by atoms with van der Waals surface area (Å²) in [5, 5.41) is 2.55. The van der Waals surface area contributed by atoms with E-state index in [2.05, 4.69) is 205 Å². The molecule has 0 fully saturated rings. The van der Waals surface area contributed by atoms with Crippen molar-refractivity contribution >= 4 is 21.8 Å². The molecule has 2 bridgehead atoms. The lowest BCUT2D eigenvalue weighted by Gasteiger charge is -2.57. The van der Waals surface area contributed by atoms with Gasteiger partial charge in [-0.3, -0.25) is 0 Å². The van der Waals surface area contributed by atoms with Crippen LogP contribution in [0.5, 0.6) is 0 Å². The Kier molecular flexibility index (Phi) is 5.86. The number of rotatable bonds is 4.